The van der Waals surface area contributed by atoms with E-state index in [2.05, 4.69) is 45.0 Å². The molecule has 0 aromatic rings. The smallest absolute Gasteiger partial charge is 0.0249 e. The van der Waals surface area contributed by atoms with E-state index in [1.165, 1.54) is 45.1 Å². The summed E-state index contributed by atoms with van der Waals surface area (Å²) in [6.07, 6.45) is 8.11. The molecular weight excluding hydrogens is 220 g/mol. The van der Waals surface area contributed by atoms with Gasteiger partial charge in [0.1, 0.15) is 0 Å². The lowest BCUT2D eigenvalue weighted by atomic mass is 9.88. The summed E-state index contributed by atoms with van der Waals surface area (Å²) in [5.74, 6) is 0.799. The number of hydrogen-bond acceptors (Lipinski definition) is 2. The average Bonchev–Trinajstić information content (AvgIpc) is 2.35. The number of rotatable bonds is 7. The molecule has 1 N–H and O–H groups in total. The minimum atomic E-state index is 0.707. The monoisotopic (exact) mass is 254 g/mol. The quantitative estimate of drug-likeness (QED) is 0.746. The fourth-order valence-corrected chi connectivity index (χ4v) is 3.34. The zero-order chi connectivity index (χ0) is 13.5. The highest BCUT2D eigenvalue weighted by Crippen LogP contribution is 2.25. The first-order valence-electron chi connectivity index (χ1n) is 8.01. The van der Waals surface area contributed by atoms with Crippen molar-refractivity contribution >= 4 is 0 Å². The van der Waals surface area contributed by atoms with Gasteiger partial charge in [-0.25, -0.2) is 0 Å². The molecule has 0 saturated heterocycles. The molecular formula is C16H34N2. The molecule has 2 nitrogen and oxygen atoms in total. The summed E-state index contributed by atoms with van der Waals surface area (Å²) in [5.41, 5.74) is 0. The fraction of sp³-hybridized carbons (Fsp3) is 1.00. The Bertz CT molecular complexity index is 215. The van der Waals surface area contributed by atoms with Gasteiger partial charge >= 0.3 is 0 Å². The molecule has 0 amide bonds. The molecule has 0 aromatic heterocycles. The van der Waals surface area contributed by atoms with E-state index in [0.29, 0.717) is 6.04 Å². The second kappa shape index (κ2) is 8.16. The third kappa shape index (κ3) is 4.89. The fourth-order valence-electron chi connectivity index (χ4n) is 3.34. The maximum atomic E-state index is 3.77. The molecule has 1 saturated carbocycles. The first-order chi connectivity index (χ1) is 8.56. The molecule has 1 fully saturated rings. The zero-order valence-electron chi connectivity index (χ0n) is 13.2. The SMILES string of the molecule is CCCNC1CCCCC1N(C)C(C)CC(C)C. The van der Waals surface area contributed by atoms with Crippen molar-refractivity contribution in [3.8, 4) is 0 Å². The Hall–Kier alpha value is -0.0800. The lowest BCUT2D eigenvalue weighted by Gasteiger charge is -2.42. The van der Waals surface area contributed by atoms with Crippen LogP contribution in [0, 0.1) is 5.92 Å². The van der Waals surface area contributed by atoms with Crippen molar-refractivity contribution in [2.45, 2.75) is 84.3 Å². The second-order valence-electron chi connectivity index (χ2n) is 6.56. The van der Waals surface area contributed by atoms with E-state index in [0.717, 1.165) is 18.0 Å². The van der Waals surface area contributed by atoms with E-state index < -0.39 is 0 Å². The van der Waals surface area contributed by atoms with Gasteiger partial charge in [-0.15, -0.1) is 0 Å². The second-order valence-corrected chi connectivity index (χ2v) is 6.56. The van der Waals surface area contributed by atoms with Gasteiger partial charge in [-0.05, 0) is 52.1 Å². The molecule has 18 heavy (non-hydrogen) atoms. The van der Waals surface area contributed by atoms with Crippen molar-refractivity contribution in [3.63, 3.8) is 0 Å². The van der Waals surface area contributed by atoms with Crippen LogP contribution >= 0.6 is 0 Å². The molecule has 1 aliphatic carbocycles. The van der Waals surface area contributed by atoms with Gasteiger partial charge in [-0.2, -0.15) is 0 Å². The van der Waals surface area contributed by atoms with Gasteiger partial charge in [-0.3, -0.25) is 4.90 Å². The summed E-state index contributed by atoms with van der Waals surface area (Å²) in [6.45, 7) is 10.5. The first kappa shape index (κ1) is 16.0. The van der Waals surface area contributed by atoms with Crippen LogP contribution in [0.1, 0.15) is 66.2 Å². The number of nitrogens with one attached hydrogen (secondary N) is 1. The van der Waals surface area contributed by atoms with Gasteiger partial charge in [0.2, 0.25) is 0 Å². The normalized spacial score (nSPS) is 26.8. The molecule has 0 heterocycles. The van der Waals surface area contributed by atoms with Gasteiger partial charge in [0, 0.05) is 18.1 Å². The Morgan fingerprint density at radius 2 is 1.83 bits per heavy atom. The van der Waals surface area contributed by atoms with Crippen LogP contribution in [0.15, 0.2) is 0 Å². The molecule has 3 unspecified atom stereocenters. The van der Waals surface area contributed by atoms with E-state index in [4.69, 9.17) is 0 Å². The summed E-state index contributed by atoms with van der Waals surface area (Å²) in [5, 5.41) is 3.77. The topological polar surface area (TPSA) is 15.3 Å². The summed E-state index contributed by atoms with van der Waals surface area (Å²) in [6, 6.07) is 2.18. The Balaban J connectivity index is 2.52. The molecule has 0 bridgehead atoms. The minimum Gasteiger partial charge on any atom is -0.312 e. The Morgan fingerprint density at radius 3 is 2.44 bits per heavy atom. The van der Waals surface area contributed by atoms with Gasteiger partial charge in [0.05, 0.1) is 0 Å². The molecule has 2 heteroatoms. The van der Waals surface area contributed by atoms with Gasteiger partial charge in [0.25, 0.3) is 0 Å². The lowest BCUT2D eigenvalue weighted by Crippen LogP contribution is -2.53. The van der Waals surface area contributed by atoms with Crippen LogP contribution in [0.5, 0.6) is 0 Å². The van der Waals surface area contributed by atoms with Crippen LogP contribution in [0.25, 0.3) is 0 Å². The van der Waals surface area contributed by atoms with Crippen LogP contribution < -0.4 is 5.32 Å². The van der Waals surface area contributed by atoms with Crippen LogP contribution in [0.4, 0.5) is 0 Å². The third-order valence-electron chi connectivity index (χ3n) is 4.42. The van der Waals surface area contributed by atoms with E-state index in [9.17, 15) is 0 Å². The zero-order valence-corrected chi connectivity index (χ0v) is 13.2. The van der Waals surface area contributed by atoms with Gasteiger partial charge in [-0.1, -0.05) is 33.6 Å². The van der Waals surface area contributed by atoms with Crippen LogP contribution in [0.2, 0.25) is 0 Å². The molecule has 1 rings (SSSR count). The summed E-state index contributed by atoms with van der Waals surface area (Å²) >= 11 is 0. The van der Waals surface area contributed by atoms with Crippen molar-refractivity contribution in [2.24, 2.45) is 5.92 Å². The van der Waals surface area contributed by atoms with Crippen LogP contribution in [0.3, 0.4) is 0 Å². The van der Waals surface area contributed by atoms with Crippen molar-refractivity contribution in [1.82, 2.24) is 10.2 Å². The molecule has 1 aliphatic rings. The number of nitrogens with zero attached hydrogens (tertiary/aromatic N) is 1. The molecule has 0 spiro atoms. The maximum absolute atomic E-state index is 3.77. The molecule has 0 aliphatic heterocycles. The molecule has 0 aromatic carbocycles. The first-order valence-corrected chi connectivity index (χ1v) is 8.01. The van der Waals surface area contributed by atoms with Gasteiger partial charge in [0.15, 0.2) is 0 Å². The third-order valence-corrected chi connectivity index (χ3v) is 4.42. The van der Waals surface area contributed by atoms with Crippen LogP contribution in [-0.4, -0.2) is 36.6 Å². The predicted octanol–water partition coefficient (Wildman–Crippen LogP) is 3.66. The lowest BCUT2D eigenvalue weighted by molar-refractivity contribution is 0.103. The largest absolute Gasteiger partial charge is 0.312 e. The van der Waals surface area contributed by atoms with E-state index in [-0.39, 0.29) is 0 Å². The van der Waals surface area contributed by atoms with Crippen molar-refractivity contribution in [2.75, 3.05) is 13.6 Å². The average molecular weight is 254 g/mol. The standard InChI is InChI=1S/C16H34N2/c1-6-11-17-15-9-7-8-10-16(15)18(5)14(4)12-13(2)3/h13-17H,6-12H2,1-5H3. The molecule has 3 atom stereocenters. The van der Waals surface area contributed by atoms with E-state index >= 15 is 0 Å². The summed E-state index contributed by atoms with van der Waals surface area (Å²) < 4.78 is 0. The predicted molar refractivity (Wildman–Crippen MR) is 81.0 cm³/mol. The number of hydrogen-bond donors (Lipinski definition) is 1. The van der Waals surface area contributed by atoms with Crippen molar-refractivity contribution in [1.29, 1.82) is 0 Å². The molecule has 108 valence electrons. The highest BCUT2D eigenvalue weighted by Gasteiger charge is 2.29. The van der Waals surface area contributed by atoms with E-state index in [1.807, 2.05) is 0 Å². The Morgan fingerprint density at radius 1 is 1.17 bits per heavy atom. The van der Waals surface area contributed by atoms with E-state index in [1.54, 1.807) is 0 Å². The van der Waals surface area contributed by atoms with Crippen LogP contribution in [-0.2, 0) is 0 Å². The Labute approximate surface area is 115 Å². The highest BCUT2D eigenvalue weighted by molar-refractivity contribution is 4.88. The van der Waals surface area contributed by atoms with Crippen molar-refractivity contribution < 1.29 is 0 Å². The molecule has 0 radical (unpaired) electrons. The summed E-state index contributed by atoms with van der Waals surface area (Å²) in [7, 11) is 2.34. The van der Waals surface area contributed by atoms with Crippen molar-refractivity contribution in [3.05, 3.63) is 0 Å². The summed E-state index contributed by atoms with van der Waals surface area (Å²) in [4.78, 5) is 2.65. The highest BCUT2D eigenvalue weighted by atomic mass is 15.2. The van der Waals surface area contributed by atoms with Gasteiger partial charge < -0.3 is 5.32 Å². The Kier molecular flexibility index (Phi) is 7.25. The number of likely N-dealkylation sites (N-methyl/N-ethyl adjacent to an activating group) is 1. The maximum Gasteiger partial charge on any atom is 0.0249 e. The minimum absolute atomic E-state index is 0.707.